The Hall–Kier alpha value is -5.62. The first kappa shape index (κ1) is 29.3. The minimum atomic E-state index is 0.101. The number of para-hydroxylation sites is 1. The summed E-state index contributed by atoms with van der Waals surface area (Å²) in [4.78, 5) is 26.1. The molecule has 0 amide bonds. The molecule has 10 rings (SSSR count). The number of pyridine rings is 1. The molecule has 4 aromatic rings. The normalized spacial score (nSPS) is 28.1. The van der Waals surface area contributed by atoms with E-state index < -0.39 is 0 Å². The average molecular weight is 651 g/mol. The van der Waals surface area contributed by atoms with E-state index in [0.717, 1.165) is 47.7 Å². The van der Waals surface area contributed by atoms with E-state index >= 15 is 0 Å². The molecule has 6 aliphatic rings. The van der Waals surface area contributed by atoms with E-state index in [2.05, 4.69) is 156 Å². The summed E-state index contributed by atoms with van der Waals surface area (Å²) >= 11 is 0. The highest BCUT2D eigenvalue weighted by Gasteiger charge is 2.46. The van der Waals surface area contributed by atoms with Gasteiger partial charge in [-0.1, -0.05) is 134 Å². The van der Waals surface area contributed by atoms with Gasteiger partial charge in [0.2, 0.25) is 0 Å². The van der Waals surface area contributed by atoms with Crippen molar-refractivity contribution in [1.82, 2.24) is 19.9 Å². The van der Waals surface area contributed by atoms with Crippen LogP contribution in [0.4, 0.5) is 17.2 Å². The van der Waals surface area contributed by atoms with Crippen molar-refractivity contribution in [1.29, 1.82) is 0 Å². The molecule has 6 heteroatoms. The molecule has 0 bridgehead atoms. The number of hydrogen-bond acceptors (Lipinski definition) is 6. The lowest BCUT2D eigenvalue weighted by atomic mass is 9.83. The van der Waals surface area contributed by atoms with Crippen molar-refractivity contribution >= 4 is 17.2 Å². The fourth-order valence-electron chi connectivity index (χ4n) is 8.94. The molecule has 1 fully saturated rings. The van der Waals surface area contributed by atoms with E-state index in [1.165, 1.54) is 11.3 Å². The Bertz CT molecular complexity index is 2140. The Morgan fingerprint density at radius 1 is 0.640 bits per heavy atom. The number of benzene rings is 2. The largest absolute Gasteiger partial charge is 0.356 e. The van der Waals surface area contributed by atoms with Gasteiger partial charge in [0.25, 0.3) is 0 Å². The summed E-state index contributed by atoms with van der Waals surface area (Å²) in [5, 5.41) is 0. The van der Waals surface area contributed by atoms with Gasteiger partial charge >= 0.3 is 0 Å². The number of anilines is 3. The summed E-state index contributed by atoms with van der Waals surface area (Å²) in [5.74, 6) is 4.23. The van der Waals surface area contributed by atoms with E-state index in [0.29, 0.717) is 23.5 Å². The smallest absolute Gasteiger partial charge is 0.167 e. The molecule has 4 heterocycles. The van der Waals surface area contributed by atoms with E-state index in [-0.39, 0.29) is 30.0 Å². The van der Waals surface area contributed by atoms with Crippen molar-refractivity contribution in [3.8, 4) is 22.8 Å². The van der Waals surface area contributed by atoms with Crippen LogP contribution in [0, 0.1) is 11.8 Å². The van der Waals surface area contributed by atoms with Gasteiger partial charge in [-0.3, -0.25) is 0 Å². The van der Waals surface area contributed by atoms with Crippen LogP contribution >= 0.6 is 0 Å². The molecule has 244 valence electrons. The van der Waals surface area contributed by atoms with Gasteiger partial charge in [-0.15, -0.1) is 0 Å². The predicted octanol–water partition coefficient (Wildman–Crippen LogP) is 9.20. The third-order valence-electron chi connectivity index (χ3n) is 11.2. The Labute approximate surface area is 293 Å². The first-order chi connectivity index (χ1) is 24.8. The summed E-state index contributed by atoms with van der Waals surface area (Å²) in [5.41, 5.74) is 5.47. The molecule has 2 aromatic carbocycles. The first-order valence-electron chi connectivity index (χ1n) is 18.0. The standard InChI is InChI=1S/C44H38N6/c1-3-15-29(16-4-1)41-46-42(30-17-5-2-6-18-30)48-43(47-41)36-27-31(49-37-23-11-7-19-32(37)33-20-8-12-24-38(33)49)28-45-44(36)50-39-25-13-9-21-34(39)35-22-10-14-26-40(35)50/h1,3-5,7-17,19-28,30,32-34,37-39H,2,6,18H2. The molecule has 2 aliphatic heterocycles. The van der Waals surface area contributed by atoms with Crippen molar-refractivity contribution in [2.75, 3.05) is 9.80 Å². The summed E-state index contributed by atoms with van der Waals surface area (Å²) < 4.78 is 0. The summed E-state index contributed by atoms with van der Waals surface area (Å²) in [7, 11) is 0. The fraction of sp³-hybridized carbons (Fsp3) is 0.227. The van der Waals surface area contributed by atoms with Gasteiger partial charge < -0.3 is 9.80 Å². The molecule has 7 atom stereocenters. The van der Waals surface area contributed by atoms with Gasteiger partial charge in [-0.25, -0.2) is 19.9 Å². The Morgan fingerprint density at radius 2 is 1.34 bits per heavy atom. The fourth-order valence-corrected chi connectivity index (χ4v) is 8.94. The molecule has 6 nitrogen and oxygen atoms in total. The van der Waals surface area contributed by atoms with Crippen molar-refractivity contribution in [2.45, 2.75) is 49.2 Å². The van der Waals surface area contributed by atoms with E-state index in [1.54, 1.807) is 0 Å². The SMILES string of the molecule is C1=CC2c3ccccc3N(c3ncc(N4C5C=CC=CC5C5C=CC=CC54)cc3-c3nc(-c4ccccc4)nc(C4C=CCCC4)n3)C2C=C1. The highest BCUT2D eigenvalue weighted by atomic mass is 15.3. The second-order valence-corrected chi connectivity index (χ2v) is 14.0. The van der Waals surface area contributed by atoms with Gasteiger partial charge in [0, 0.05) is 34.9 Å². The van der Waals surface area contributed by atoms with Gasteiger partial charge in [-0.05, 0) is 37.0 Å². The molecule has 0 saturated carbocycles. The summed E-state index contributed by atoms with van der Waals surface area (Å²) in [6.45, 7) is 0. The number of hydrogen-bond donors (Lipinski definition) is 0. The van der Waals surface area contributed by atoms with Crippen LogP contribution in [-0.4, -0.2) is 38.1 Å². The molecule has 7 unspecified atom stereocenters. The lowest BCUT2D eigenvalue weighted by Gasteiger charge is -2.33. The molecule has 2 aromatic heterocycles. The minimum absolute atomic E-state index is 0.101. The van der Waals surface area contributed by atoms with Gasteiger partial charge in [0.1, 0.15) is 11.6 Å². The average Bonchev–Trinajstić information content (AvgIpc) is 3.71. The predicted molar refractivity (Wildman–Crippen MR) is 201 cm³/mol. The maximum absolute atomic E-state index is 5.42. The summed E-state index contributed by atoms with van der Waals surface area (Å²) in [6, 6.07) is 21.9. The van der Waals surface area contributed by atoms with E-state index in [4.69, 9.17) is 19.9 Å². The zero-order chi connectivity index (χ0) is 33.0. The maximum Gasteiger partial charge on any atom is 0.167 e. The van der Waals surface area contributed by atoms with Crippen molar-refractivity contribution in [2.24, 2.45) is 11.8 Å². The minimum Gasteiger partial charge on any atom is -0.356 e. The second kappa shape index (κ2) is 12.1. The Balaban J connectivity index is 1.20. The van der Waals surface area contributed by atoms with Gasteiger partial charge in [0.05, 0.1) is 35.6 Å². The van der Waals surface area contributed by atoms with E-state index in [1.807, 2.05) is 6.07 Å². The third-order valence-corrected chi connectivity index (χ3v) is 11.2. The van der Waals surface area contributed by atoms with Crippen molar-refractivity contribution in [3.63, 3.8) is 0 Å². The molecule has 50 heavy (non-hydrogen) atoms. The zero-order valence-corrected chi connectivity index (χ0v) is 27.8. The topological polar surface area (TPSA) is 58.0 Å². The third kappa shape index (κ3) is 4.77. The van der Waals surface area contributed by atoms with Crippen LogP contribution in [0.5, 0.6) is 0 Å². The number of allylic oxidation sites excluding steroid dienone is 8. The Morgan fingerprint density at radius 3 is 2.12 bits per heavy atom. The van der Waals surface area contributed by atoms with Crippen LogP contribution in [0.2, 0.25) is 0 Å². The lowest BCUT2D eigenvalue weighted by Crippen LogP contribution is -2.37. The number of aromatic nitrogens is 4. The Kier molecular flexibility index (Phi) is 7.07. The molecule has 0 radical (unpaired) electrons. The summed E-state index contributed by atoms with van der Waals surface area (Å²) in [6.07, 6.45) is 37.1. The molecule has 4 aliphatic carbocycles. The second-order valence-electron chi connectivity index (χ2n) is 14.0. The van der Waals surface area contributed by atoms with Crippen molar-refractivity contribution in [3.05, 3.63) is 163 Å². The molecule has 0 N–H and O–H groups in total. The quantitative estimate of drug-likeness (QED) is 0.201. The molecular weight excluding hydrogens is 613 g/mol. The monoisotopic (exact) mass is 650 g/mol. The molecule has 0 spiro atoms. The first-order valence-corrected chi connectivity index (χ1v) is 18.0. The van der Waals surface area contributed by atoms with Crippen LogP contribution < -0.4 is 9.80 Å². The van der Waals surface area contributed by atoms with Crippen molar-refractivity contribution < 1.29 is 0 Å². The van der Waals surface area contributed by atoms with E-state index in [9.17, 15) is 0 Å². The van der Waals surface area contributed by atoms with Gasteiger partial charge in [-0.2, -0.15) is 0 Å². The number of nitrogens with zero attached hydrogens (tertiary/aromatic N) is 6. The number of rotatable bonds is 5. The lowest BCUT2D eigenvalue weighted by molar-refractivity contribution is 0.527. The number of fused-ring (bicyclic) bond motifs is 6. The van der Waals surface area contributed by atoms with Crippen LogP contribution in [0.3, 0.4) is 0 Å². The molecular formula is C44H38N6. The van der Waals surface area contributed by atoms with Crippen LogP contribution in [0.1, 0.15) is 42.5 Å². The van der Waals surface area contributed by atoms with Crippen LogP contribution in [0.25, 0.3) is 22.8 Å². The highest BCUT2D eigenvalue weighted by molar-refractivity contribution is 5.84. The molecule has 1 saturated heterocycles. The maximum atomic E-state index is 5.42. The zero-order valence-electron chi connectivity index (χ0n) is 27.8. The van der Waals surface area contributed by atoms with Crippen LogP contribution in [0.15, 0.2) is 152 Å². The van der Waals surface area contributed by atoms with Crippen LogP contribution in [-0.2, 0) is 0 Å². The highest BCUT2D eigenvalue weighted by Crippen LogP contribution is 2.50. The van der Waals surface area contributed by atoms with Gasteiger partial charge in [0.15, 0.2) is 11.6 Å².